The number of hydrogen-bond acceptors (Lipinski definition) is 5. The van der Waals surface area contributed by atoms with Crippen LogP contribution in [0.5, 0.6) is 0 Å². The molecule has 1 saturated heterocycles. The Labute approximate surface area is 139 Å². The smallest absolute Gasteiger partial charge is 0.266 e. The van der Waals surface area contributed by atoms with Crippen molar-refractivity contribution in [3.8, 4) is 11.3 Å². The lowest BCUT2D eigenvalue weighted by atomic mass is 10.1. The zero-order chi connectivity index (χ0) is 16.8. The zero-order valence-corrected chi connectivity index (χ0v) is 13.2. The number of amides is 1. The molecule has 1 aliphatic rings. The molecule has 0 aliphatic carbocycles. The largest absolute Gasteiger partial charge is 0.376 e. The maximum absolute atomic E-state index is 11.9. The maximum atomic E-state index is 11.9. The van der Waals surface area contributed by atoms with Gasteiger partial charge in [-0.25, -0.2) is 4.68 Å². The minimum absolute atomic E-state index is 0.207. The van der Waals surface area contributed by atoms with Crippen molar-refractivity contribution in [3.63, 3.8) is 0 Å². The molecule has 0 saturated carbocycles. The third-order valence-corrected chi connectivity index (χ3v) is 3.67. The van der Waals surface area contributed by atoms with Gasteiger partial charge in [-0.3, -0.25) is 9.59 Å². The Bertz CT molecular complexity index is 739. The molecule has 2 heterocycles. The topological polar surface area (TPSA) is 82.5 Å². The van der Waals surface area contributed by atoms with E-state index in [0.717, 1.165) is 5.56 Å². The summed E-state index contributed by atoms with van der Waals surface area (Å²) in [4.78, 5) is 23.9. The van der Waals surface area contributed by atoms with E-state index in [4.69, 9.17) is 9.47 Å². The molecule has 1 N–H and O–H groups in total. The van der Waals surface area contributed by atoms with Gasteiger partial charge in [-0.1, -0.05) is 30.3 Å². The predicted molar refractivity (Wildman–Crippen MR) is 87.5 cm³/mol. The number of nitrogens with one attached hydrogen (secondary N) is 1. The first-order valence-electron chi connectivity index (χ1n) is 7.85. The molecule has 126 valence electrons. The van der Waals surface area contributed by atoms with Gasteiger partial charge in [0, 0.05) is 18.2 Å². The number of rotatable bonds is 5. The van der Waals surface area contributed by atoms with Gasteiger partial charge in [-0.05, 0) is 6.07 Å². The summed E-state index contributed by atoms with van der Waals surface area (Å²) < 4.78 is 11.9. The van der Waals surface area contributed by atoms with E-state index in [1.807, 2.05) is 30.3 Å². The highest BCUT2D eigenvalue weighted by Crippen LogP contribution is 2.13. The molecule has 0 spiro atoms. The summed E-state index contributed by atoms with van der Waals surface area (Å²) in [5.74, 6) is -0.234. The van der Waals surface area contributed by atoms with Gasteiger partial charge in [-0.2, -0.15) is 5.10 Å². The fraction of sp³-hybridized carbons (Fsp3) is 0.353. The molecule has 0 radical (unpaired) electrons. The van der Waals surface area contributed by atoms with Crippen molar-refractivity contribution >= 4 is 5.91 Å². The number of carbonyl (C=O) groups is 1. The maximum Gasteiger partial charge on any atom is 0.266 e. The van der Waals surface area contributed by atoms with Crippen LogP contribution < -0.4 is 10.9 Å². The molecule has 2 aromatic rings. The van der Waals surface area contributed by atoms with Crippen LogP contribution in [-0.2, 0) is 20.8 Å². The highest BCUT2D eigenvalue weighted by Gasteiger charge is 2.22. The van der Waals surface area contributed by atoms with Crippen LogP contribution in [0.3, 0.4) is 0 Å². The average Bonchev–Trinajstić information content (AvgIpc) is 2.64. The predicted octanol–water partition coefficient (Wildman–Crippen LogP) is 0.442. The quantitative estimate of drug-likeness (QED) is 0.861. The van der Waals surface area contributed by atoms with Crippen molar-refractivity contribution < 1.29 is 14.3 Å². The van der Waals surface area contributed by atoms with Crippen molar-refractivity contribution in [1.82, 2.24) is 15.1 Å². The van der Waals surface area contributed by atoms with Gasteiger partial charge in [0.25, 0.3) is 11.5 Å². The zero-order valence-electron chi connectivity index (χ0n) is 13.2. The average molecular weight is 329 g/mol. The van der Waals surface area contributed by atoms with E-state index in [0.29, 0.717) is 32.0 Å². The molecule has 24 heavy (non-hydrogen) atoms. The first-order chi connectivity index (χ1) is 11.7. The number of hydrogen-bond donors (Lipinski definition) is 1. The van der Waals surface area contributed by atoms with Crippen molar-refractivity contribution in [3.05, 3.63) is 52.8 Å². The highest BCUT2D eigenvalue weighted by molar-refractivity contribution is 5.80. The SMILES string of the molecule is O=C(NCCn1nc(-c2ccccc2)ccc1=O)[C@H]1COCCO1. The van der Waals surface area contributed by atoms with E-state index >= 15 is 0 Å². The first kappa shape index (κ1) is 16.4. The number of benzene rings is 1. The van der Waals surface area contributed by atoms with Crippen LogP contribution in [-0.4, -0.2) is 48.2 Å². The minimum Gasteiger partial charge on any atom is -0.376 e. The van der Waals surface area contributed by atoms with Gasteiger partial charge in [0.15, 0.2) is 6.10 Å². The van der Waals surface area contributed by atoms with Gasteiger partial charge in [0.2, 0.25) is 0 Å². The van der Waals surface area contributed by atoms with Crippen LogP contribution in [0.25, 0.3) is 11.3 Å². The lowest BCUT2D eigenvalue weighted by Gasteiger charge is -2.22. The Morgan fingerprint density at radius 1 is 1.21 bits per heavy atom. The molecular formula is C17H19N3O4. The van der Waals surface area contributed by atoms with Gasteiger partial charge < -0.3 is 14.8 Å². The first-order valence-corrected chi connectivity index (χ1v) is 7.85. The molecule has 3 rings (SSSR count). The van der Waals surface area contributed by atoms with Crippen molar-refractivity contribution in [2.75, 3.05) is 26.4 Å². The van der Waals surface area contributed by atoms with E-state index < -0.39 is 6.10 Å². The van der Waals surface area contributed by atoms with Crippen LogP contribution in [0, 0.1) is 0 Å². The number of ether oxygens (including phenoxy) is 2. The fourth-order valence-electron chi connectivity index (χ4n) is 2.41. The Balaban J connectivity index is 1.60. The highest BCUT2D eigenvalue weighted by atomic mass is 16.6. The molecule has 1 aromatic heterocycles. The van der Waals surface area contributed by atoms with Gasteiger partial charge >= 0.3 is 0 Å². The molecular weight excluding hydrogens is 310 g/mol. The second-order valence-electron chi connectivity index (χ2n) is 5.37. The van der Waals surface area contributed by atoms with Crippen molar-refractivity contribution in [1.29, 1.82) is 0 Å². The summed E-state index contributed by atoms with van der Waals surface area (Å²) in [6.45, 7) is 1.77. The summed E-state index contributed by atoms with van der Waals surface area (Å²) in [5, 5.41) is 7.09. The molecule has 1 aliphatic heterocycles. The van der Waals surface area contributed by atoms with E-state index in [-0.39, 0.29) is 18.1 Å². The number of nitrogens with zero attached hydrogens (tertiary/aromatic N) is 2. The monoisotopic (exact) mass is 329 g/mol. The number of aromatic nitrogens is 2. The number of carbonyl (C=O) groups excluding carboxylic acids is 1. The third kappa shape index (κ3) is 4.06. The molecule has 1 atom stereocenters. The van der Waals surface area contributed by atoms with E-state index in [2.05, 4.69) is 10.4 Å². The lowest BCUT2D eigenvalue weighted by molar-refractivity contribution is -0.147. The Hall–Kier alpha value is -2.51. The van der Waals surface area contributed by atoms with E-state index in [1.165, 1.54) is 10.7 Å². The Morgan fingerprint density at radius 3 is 2.79 bits per heavy atom. The van der Waals surface area contributed by atoms with Crippen molar-refractivity contribution in [2.24, 2.45) is 0 Å². The third-order valence-electron chi connectivity index (χ3n) is 3.67. The Kier molecular flexibility index (Phi) is 5.35. The second kappa shape index (κ2) is 7.85. The summed E-state index contributed by atoms with van der Waals surface area (Å²) in [6.07, 6.45) is -0.584. The molecule has 7 heteroatoms. The molecule has 7 nitrogen and oxygen atoms in total. The summed E-state index contributed by atoms with van der Waals surface area (Å²) in [6, 6.07) is 12.8. The van der Waals surface area contributed by atoms with Crippen LogP contribution in [0.15, 0.2) is 47.3 Å². The van der Waals surface area contributed by atoms with Gasteiger partial charge in [0.05, 0.1) is 32.1 Å². The summed E-state index contributed by atoms with van der Waals surface area (Å²) in [7, 11) is 0. The molecule has 1 aromatic carbocycles. The summed E-state index contributed by atoms with van der Waals surface area (Å²) in [5.41, 5.74) is 1.44. The fourth-order valence-corrected chi connectivity index (χ4v) is 2.41. The normalized spacial score (nSPS) is 17.4. The van der Waals surface area contributed by atoms with Crippen molar-refractivity contribution in [2.45, 2.75) is 12.6 Å². The van der Waals surface area contributed by atoms with E-state index in [9.17, 15) is 9.59 Å². The second-order valence-corrected chi connectivity index (χ2v) is 5.37. The van der Waals surface area contributed by atoms with Crippen LogP contribution >= 0.6 is 0 Å². The van der Waals surface area contributed by atoms with E-state index in [1.54, 1.807) is 6.07 Å². The standard InChI is InChI=1S/C17H19N3O4/c21-16-7-6-14(13-4-2-1-3-5-13)19-20(16)9-8-18-17(22)15-12-23-10-11-24-15/h1-7,15H,8-12H2,(H,18,22)/t15-/m1/s1. The minimum atomic E-state index is -0.584. The molecule has 1 fully saturated rings. The molecule has 0 unspecified atom stereocenters. The van der Waals surface area contributed by atoms with Gasteiger partial charge in [-0.15, -0.1) is 0 Å². The lowest BCUT2D eigenvalue weighted by Crippen LogP contribution is -2.44. The Morgan fingerprint density at radius 2 is 2.04 bits per heavy atom. The van der Waals surface area contributed by atoms with Crippen LogP contribution in [0.2, 0.25) is 0 Å². The van der Waals surface area contributed by atoms with Crippen LogP contribution in [0.1, 0.15) is 0 Å². The molecule has 0 bridgehead atoms. The van der Waals surface area contributed by atoms with Gasteiger partial charge in [0.1, 0.15) is 0 Å². The van der Waals surface area contributed by atoms with Crippen LogP contribution in [0.4, 0.5) is 0 Å². The molecule has 1 amide bonds. The summed E-state index contributed by atoms with van der Waals surface area (Å²) >= 11 is 0.